The molecule has 4 heterocycles. The van der Waals surface area contributed by atoms with Crippen LogP contribution in [0.2, 0.25) is 0 Å². The molecule has 4 aliphatic rings. The maximum atomic E-state index is 12.5. The second-order valence-corrected chi connectivity index (χ2v) is 6.47. The van der Waals surface area contributed by atoms with E-state index in [1.54, 1.807) is 0 Å². The molecular formula is C15H21N3O3. The minimum atomic E-state index is -0.264. The molecule has 2 bridgehead atoms. The molecule has 3 saturated heterocycles. The van der Waals surface area contributed by atoms with E-state index in [1.165, 1.54) is 4.90 Å². The molecule has 0 aromatic rings. The van der Waals surface area contributed by atoms with Gasteiger partial charge < -0.3 is 9.64 Å². The lowest BCUT2D eigenvalue weighted by molar-refractivity contribution is -0.142. The van der Waals surface area contributed by atoms with Crippen LogP contribution in [0.4, 0.5) is 0 Å². The topological polar surface area (TPSA) is 53.1 Å². The predicted molar refractivity (Wildman–Crippen MR) is 75.4 cm³/mol. The zero-order chi connectivity index (χ0) is 14.6. The fraction of sp³-hybridized carbons (Fsp3) is 0.733. The third-order valence-corrected chi connectivity index (χ3v) is 5.24. The summed E-state index contributed by atoms with van der Waals surface area (Å²) in [5.41, 5.74) is 0. The number of likely N-dealkylation sites (N-methyl/N-ethyl adjacent to an activating group) is 1. The average Bonchev–Trinajstić information content (AvgIpc) is 3.14. The Morgan fingerprint density at radius 2 is 1.57 bits per heavy atom. The third-order valence-electron chi connectivity index (χ3n) is 5.24. The van der Waals surface area contributed by atoms with Crippen LogP contribution in [0.3, 0.4) is 0 Å². The van der Waals surface area contributed by atoms with Gasteiger partial charge in [0.05, 0.1) is 24.0 Å². The van der Waals surface area contributed by atoms with Crippen molar-refractivity contribution in [3.8, 4) is 0 Å². The molecule has 0 saturated carbocycles. The van der Waals surface area contributed by atoms with E-state index in [4.69, 9.17) is 4.74 Å². The lowest BCUT2D eigenvalue weighted by atomic mass is 9.85. The first-order valence-corrected chi connectivity index (χ1v) is 7.75. The highest BCUT2D eigenvalue weighted by molar-refractivity contribution is 6.06. The molecule has 0 aromatic heterocycles. The molecule has 6 heteroatoms. The van der Waals surface area contributed by atoms with Gasteiger partial charge in [0.25, 0.3) is 0 Å². The van der Waals surface area contributed by atoms with Crippen LogP contribution >= 0.6 is 0 Å². The summed E-state index contributed by atoms with van der Waals surface area (Å²) in [4.78, 5) is 31.1. The summed E-state index contributed by atoms with van der Waals surface area (Å²) >= 11 is 0. The van der Waals surface area contributed by atoms with E-state index in [1.807, 2.05) is 12.2 Å². The number of piperazine rings is 1. The van der Waals surface area contributed by atoms with E-state index in [2.05, 4.69) is 16.8 Å². The Bertz CT molecular complexity index is 468. The van der Waals surface area contributed by atoms with Gasteiger partial charge in [-0.15, -0.1) is 0 Å². The molecule has 0 radical (unpaired) electrons. The van der Waals surface area contributed by atoms with Gasteiger partial charge >= 0.3 is 0 Å². The van der Waals surface area contributed by atoms with Crippen LogP contribution in [-0.4, -0.2) is 85.0 Å². The summed E-state index contributed by atoms with van der Waals surface area (Å²) in [6.45, 7) is 5.43. The predicted octanol–water partition coefficient (Wildman–Crippen LogP) is -0.828. The van der Waals surface area contributed by atoms with Crippen molar-refractivity contribution in [2.75, 3.05) is 46.3 Å². The Kier molecular flexibility index (Phi) is 3.13. The average molecular weight is 291 g/mol. The fourth-order valence-corrected chi connectivity index (χ4v) is 3.90. The van der Waals surface area contributed by atoms with E-state index >= 15 is 0 Å². The first-order valence-electron chi connectivity index (χ1n) is 7.75. The summed E-state index contributed by atoms with van der Waals surface area (Å²) in [6.07, 6.45) is 3.51. The Balaban J connectivity index is 1.39. The molecular weight excluding hydrogens is 270 g/mol. The van der Waals surface area contributed by atoms with Crippen LogP contribution in [0, 0.1) is 11.8 Å². The van der Waals surface area contributed by atoms with Crippen molar-refractivity contribution in [1.29, 1.82) is 0 Å². The van der Waals surface area contributed by atoms with Gasteiger partial charge in [0.1, 0.15) is 0 Å². The molecule has 114 valence electrons. The van der Waals surface area contributed by atoms with Crippen molar-refractivity contribution in [1.82, 2.24) is 14.7 Å². The van der Waals surface area contributed by atoms with Gasteiger partial charge in [0.15, 0.2) is 0 Å². The first-order chi connectivity index (χ1) is 10.1. The molecule has 0 aromatic carbocycles. The van der Waals surface area contributed by atoms with Gasteiger partial charge in [-0.25, -0.2) is 0 Å². The number of ether oxygens (including phenoxy) is 1. The van der Waals surface area contributed by atoms with Crippen LogP contribution in [0.25, 0.3) is 0 Å². The highest BCUT2D eigenvalue weighted by Gasteiger charge is 2.60. The highest BCUT2D eigenvalue weighted by atomic mass is 16.5. The van der Waals surface area contributed by atoms with Crippen molar-refractivity contribution in [2.24, 2.45) is 11.8 Å². The van der Waals surface area contributed by atoms with Crippen molar-refractivity contribution in [2.45, 2.75) is 12.2 Å². The third kappa shape index (κ3) is 2.05. The number of rotatable bonds is 3. The molecule has 6 nitrogen and oxygen atoms in total. The summed E-state index contributed by atoms with van der Waals surface area (Å²) < 4.78 is 5.64. The zero-order valence-corrected chi connectivity index (χ0v) is 12.3. The number of fused-ring (bicyclic) bond motifs is 5. The lowest BCUT2D eigenvalue weighted by Crippen LogP contribution is -2.48. The second-order valence-electron chi connectivity index (χ2n) is 6.47. The second kappa shape index (κ2) is 4.90. The molecule has 0 spiro atoms. The van der Waals surface area contributed by atoms with Crippen molar-refractivity contribution >= 4 is 11.8 Å². The number of nitrogens with zero attached hydrogens (tertiary/aromatic N) is 3. The number of hydrogen-bond acceptors (Lipinski definition) is 5. The van der Waals surface area contributed by atoms with Crippen LogP contribution in [0.15, 0.2) is 12.2 Å². The molecule has 4 aliphatic heterocycles. The zero-order valence-electron chi connectivity index (χ0n) is 12.3. The molecule has 0 aliphatic carbocycles. The Hall–Kier alpha value is -1.24. The SMILES string of the molecule is CN1CCN(CCN2C(=O)C3C4C=CC(O4)C3C2=O)CC1. The first kappa shape index (κ1) is 13.4. The summed E-state index contributed by atoms with van der Waals surface area (Å²) in [7, 11) is 2.12. The number of carbonyl (C=O) groups excluding carboxylic acids is 2. The standard InChI is InChI=1S/C15H21N3O3/c1-16-4-6-17(7-5-16)8-9-18-14(19)12-10-2-3-11(21-10)13(12)15(18)20/h2-3,10-13H,4-9H2,1H3. The number of imide groups is 1. The van der Waals surface area contributed by atoms with E-state index in [0.29, 0.717) is 6.54 Å². The van der Waals surface area contributed by atoms with Crippen LogP contribution < -0.4 is 0 Å². The number of hydrogen-bond donors (Lipinski definition) is 0. The highest BCUT2D eigenvalue weighted by Crippen LogP contribution is 2.44. The molecule has 2 amide bonds. The van der Waals surface area contributed by atoms with E-state index in [9.17, 15) is 9.59 Å². The number of carbonyl (C=O) groups is 2. The molecule has 4 atom stereocenters. The van der Waals surface area contributed by atoms with Crippen molar-refractivity contribution in [3.63, 3.8) is 0 Å². The van der Waals surface area contributed by atoms with Crippen LogP contribution in [0.1, 0.15) is 0 Å². The maximum Gasteiger partial charge on any atom is 0.236 e. The van der Waals surface area contributed by atoms with Gasteiger partial charge in [-0.1, -0.05) is 12.2 Å². The Labute approximate surface area is 124 Å². The fourth-order valence-electron chi connectivity index (χ4n) is 3.90. The van der Waals surface area contributed by atoms with E-state index in [-0.39, 0.29) is 35.9 Å². The van der Waals surface area contributed by atoms with Gasteiger partial charge in [-0.05, 0) is 7.05 Å². The number of amides is 2. The van der Waals surface area contributed by atoms with Gasteiger partial charge in [0, 0.05) is 39.3 Å². The molecule has 21 heavy (non-hydrogen) atoms. The van der Waals surface area contributed by atoms with Gasteiger partial charge in [-0.2, -0.15) is 0 Å². The van der Waals surface area contributed by atoms with E-state index < -0.39 is 0 Å². The van der Waals surface area contributed by atoms with Crippen molar-refractivity contribution in [3.05, 3.63) is 12.2 Å². The van der Waals surface area contributed by atoms with Gasteiger partial charge in [-0.3, -0.25) is 19.4 Å². The largest absolute Gasteiger partial charge is 0.365 e. The maximum absolute atomic E-state index is 12.5. The molecule has 4 rings (SSSR count). The Morgan fingerprint density at radius 1 is 1.00 bits per heavy atom. The quantitative estimate of drug-likeness (QED) is 0.502. The van der Waals surface area contributed by atoms with Crippen molar-refractivity contribution < 1.29 is 14.3 Å². The van der Waals surface area contributed by atoms with Crippen LogP contribution in [-0.2, 0) is 14.3 Å². The molecule has 0 N–H and O–H groups in total. The van der Waals surface area contributed by atoms with E-state index in [0.717, 1.165) is 32.7 Å². The summed E-state index contributed by atoms with van der Waals surface area (Å²) in [5.74, 6) is -0.591. The smallest absolute Gasteiger partial charge is 0.236 e. The normalized spacial score (nSPS) is 39.6. The number of likely N-dealkylation sites (tertiary alicyclic amines) is 1. The molecule has 3 fully saturated rings. The Morgan fingerprint density at radius 3 is 2.14 bits per heavy atom. The monoisotopic (exact) mass is 291 g/mol. The minimum absolute atomic E-state index is 0.0315. The minimum Gasteiger partial charge on any atom is -0.365 e. The van der Waals surface area contributed by atoms with Crippen LogP contribution in [0.5, 0.6) is 0 Å². The molecule has 4 unspecified atom stereocenters. The van der Waals surface area contributed by atoms with Gasteiger partial charge in [0.2, 0.25) is 11.8 Å². The summed E-state index contributed by atoms with van der Waals surface area (Å²) in [6, 6.07) is 0. The summed E-state index contributed by atoms with van der Waals surface area (Å²) in [5, 5.41) is 0. The lowest BCUT2D eigenvalue weighted by Gasteiger charge is -2.33.